The van der Waals surface area contributed by atoms with E-state index in [-0.39, 0.29) is 12.1 Å². The Kier molecular flexibility index (Phi) is 4.89. The first-order valence-corrected chi connectivity index (χ1v) is 7.94. The fraction of sp³-hybridized carbons (Fsp3) is 0.667. The number of nitrogens with one attached hydrogen (secondary N) is 1. The molecule has 0 bridgehead atoms. The Morgan fingerprint density at radius 3 is 2.65 bits per heavy atom. The molecular weight excluding hydrogens is 322 g/mol. The maximum absolute atomic E-state index is 9.58. The van der Waals surface area contributed by atoms with Crippen LogP contribution in [-0.2, 0) is 6.54 Å². The Labute approximate surface area is 120 Å². The van der Waals surface area contributed by atoms with Gasteiger partial charge in [0.15, 0.2) is 0 Å². The first-order valence-electron chi connectivity index (χ1n) is 5.95. The van der Waals surface area contributed by atoms with Gasteiger partial charge in [-0.15, -0.1) is 11.3 Å². The quantitative estimate of drug-likeness (QED) is 0.871. The van der Waals surface area contributed by atoms with Crippen LogP contribution in [0.15, 0.2) is 10.5 Å². The first kappa shape index (κ1) is 13.8. The van der Waals surface area contributed by atoms with Gasteiger partial charge in [0.2, 0.25) is 0 Å². The molecule has 2 nitrogen and oxygen atoms in total. The van der Waals surface area contributed by atoms with Crippen LogP contribution >= 0.6 is 38.9 Å². The van der Waals surface area contributed by atoms with E-state index in [2.05, 4.69) is 21.2 Å². The minimum atomic E-state index is -0.0683. The van der Waals surface area contributed by atoms with Crippen molar-refractivity contribution in [1.29, 1.82) is 0 Å². The van der Waals surface area contributed by atoms with Gasteiger partial charge in [0.25, 0.3) is 0 Å². The third kappa shape index (κ3) is 3.44. The molecule has 0 saturated heterocycles. The summed E-state index contributed by atoms with van der Waals surface area (Å²) in [7, 11) is 0. The van der Waals surface area contributed by atoms with Crippen molar-refractivity contribution in [3.8, 4) is 0 Å². The summed E-state index contributed by atoms with van der Waals surface area (Å²) < 4.78 is 1.76. The van der Waals surface area contributed by atoms with Gasteiger partial charge in [-0.1, -0.05) is 30.9 Å². The van der Waals surface area contributed by atoms with E-state index in [1.165, 1.54) is 24.1 Å². The van der Waals surface area contributed by atoms with Crippen LogP contribution < -0.4 is 5.32 Å². The lowest BCUT2D eigenvalue weighted by Crippen LogP contribution is -2.49. The zero-order valence-electron chi connectivity index (χ0n) is 9.64. The standard InChI is InChI=1S/C12H17BrClNOS/c13-10-6-9(17-11(10)14)7-15-12(8-16)4-2-1-3-5-12/h6,15-16H,1-5,7-8H2. The highest BCUT2D eigenvalue weighted by atomic mass is 79.9. The predicted molar refractivity (Wildman–Crippen MR) is 76.8 cm³/mol. The van der Waals surface area contributed by atoms with Crippen LogP contribution in [0.2, 0.25) is 4.34 Å². The maximum Gasteiger partial charge on any atom is 0.107 e. The Morgan fingerprint density at radius 2 is 2.12 bits per heavy atom. The smallest absolute Gasteiger partial charge is 0.107 e. The van der Waals surface area contributed by atoms with Gasteiger partial charge < -0.3 is 10.4 Å². The van der Waals surface area contributed by atoms with E-state index in [1.54, 1.807) is 11.3 Å². The molecule has 1 heterocycles. The van der Waals surface area contributed by atoms with Crippen molar-refractivity contribution in [3.05, 3.63) is 19.8 Å². The van der Waals surface area contributed by atoms with E-state index in [4.69, 9.17) is 11.6 Å². The van der Waals surface area contributed by atoms with Gasteiger partial charge >= 0.3 is 0 Å². The molecule has 2 N–H and O–H groups in total. The molecule has 1 saturated carbocycles. The van der Waals surface area contributed by atoms with E-state index in [0.29, 0.717) is 0 Å². The summed E-state index contributed by atoms with van der Waals surface area (Å²) >= 11 is 11.0. The second-order valence-corrected chi connectivity index (χ2v) is 7.28. The molecule has 1 fully saturated rings. The van der Waals surface area contributed by atoms with E-state index < -0.39 is 0 Å². The molecule has 5 heteroatoms. The van der Waals surface area contributed by atoms with Crippen LogP contribution in [0.25, 0.3) is 0 Å². The summed E-state index contributed by atoms with van der Waals surface area (Å²) in [6.45, 7) is 1.02. The van der Waals surface area contributed by atoms with Crippen LogP contribution in [0.5, 0.6) is 0 Å². The summed E-state index contributed by atoms with van der Waals surface area (Å²) in [5.41, 5.74) is -0.0683. The van der Waals surface area contributed by atoms with Crippen LogP contribution in [0, 0.1) is 0 Å². The predicted octanol–water partition coefficient (Wildman–Crippen LogP) is 3.95. The Morgan fingerprint density at radius 1 is 1.41 bits per heavy atom. The highest BCUT2D eigenvalue weighted by Gasteiger charge is 2.30. The van der Waals surface area contributed by atoms with Crippen molar-refractivity contribution < 1.29 is 5.11 Å². The summed E-state index contributed by atoms with van der Waals surface area (Å²) in [6, 6.07) is 2.05. The number of thiophene rings is 1. The molecule has 1 aliphatic carbocycles. The van der Waals surface area contributed by atoms with Gasteiger partial charge in [-0.05, 0) is 34.8 Å². The average molecular weight is 339 g/mol. The second kappa shape index (κ2) is 6.02. The van der Waals surface area contributed by atoms with Crippen LogP contribution in [0.3, 0.4) is 0 Å². The molecule has 0 amide bonds. The lowest BCUT2D eigenvalue weighted by molar-refractivity contribution is 0.120. The molecule has 1 aromatic rings. The van der Waals surface area contributed by atoms with Gasteiger partial charge in [-0.2, -0.15) is 0 Å². The summed E-state index contributed by atoms with van der Waals surface area (Å²) in [4.78, 5) is 1.21. The number of hydrogen-bond donors (Lipinski definition) is 2. The third-order valence-electron chi connectivity index (χ3n) is 3.45. The molecule has 0 radical (unpaired) electrons. The molecule has 0 aromatic carbocycles. The summed E-state index contributed by atoms with van der Waals surface area (Å²) in [6.07, 6.45) is 5.86. The molecule has 0 aliphatic heterocycles. The monoisotopic (exact) mass is 337 g/mol. The Balaban J connectivity index is 1.95. The highest BCUT2D eigenvalue weighted by Crippen LogP contribution is 2.33. The van der Waals surface area contributed by atoms with Gasteiger partial charge in [0.05, 0.1) is 6.61 Å². The third-order valence-corrected chi connectivity index (χ3v) is 5.92. The maximum atomic E-state index is 9.58. The minimum Gasteiger partial charge on any atom is -0.394 e. The summed E-state index contributed by atoms with van der Waals surface area (Å²) in [5.74, 6) is 0. The van der Waals surface area contributed by atoms with Crippen molar-refractivity contribution in [1.82, 2.24) is 5.32 Å². The number of hydrogen-bond acceptors (Lipinski definition) is 3. The average Bonchev–Trinajstić information content (AvgIpc) is 2.68. The second-order valence-electron chi connectivity index (χ2n) is 4.69. The number of halogens is 2. The zero-order valence-corrected chi connectivity index (χ0v) is 12.8. The Hall–Kier alpha value is 0.390. The zero-order chi connectivity index (χ0) is 12.3. The van der Waals surface area contributed by atoms with Crippen molar-refractivity contribution in [3.63, 3.8) is 0 Å². The lowest BCUT2D eigenvalue weighted by atomic mass is 9.82. The lowest BCUT2D eigenvalue weighted by Gasteiger charge is -2.36. The van der Waals surface area contributed by atoms with Crippen molar-refractivity contribution in [2.45, 2.75) is 44.2 Å². The SMILES string of the molecule is OCC1(NCc2cc(Br)c(Cl)s2)CCCCC1. The molecule has 1 aromatic heterocycles. The molecule has 0 atom stereocenters. The fourth-order valence-corrected chi connectivity index (χ4v) is 4.10. The van der Waals surface area contributed by atoms with E-state index >= 15 is 0 Å². The molecule has 0 unspecified atom stereocenters. The van der Waals surface area contributed by atoms with E-state index in [0.717, 1.165) is 28.2 Å². The van der Waals surface area contributed by atoms with Gasteiger partial charge in [0, 0.05) is 21.4 Å². The van der Waals surface area contributed by atoms with Crippen LogP contribution in [0.1, 0.15) is 37.0 Å². The van der Waals surface area contributed by atoms with Crippen LogP contribution in [0.4, 0.5) is 0 Å². The highest BCUT2D eigenvalue weighted by molar-refractivity contribution is 9.10. The molecule has 96 valence electrons. The molecule has 0 spiro atoms. The van der Waals surface area contributed by atoms with Gasteiger partial charge in [0.1, 0.15) is 4.34 Å². The number of aliphatic hydroxyl groups is 1. The number of rotatable bonds is 4. The number of aliphatic hydroxyl groups excluding tert-OH is 1. The molecule has 1 aliphatic rings. The fourth-order valence-electron chi connectivity index (χ4n) is 2.37. The van der Waals surface area contributed by atoms with Crippen LogP contribution in [-0.4, -0.2) is 17.3 Å². The Bertz CT molecular complexity index is 357. The minimum absolute atomic E-state index is 0.0683. The molecule has 2 rings (SSSR count). The largest absolute Gasteiger partial charge is 0.394 e. The van der Waals surface area contributed by atoms with Crippen molar-refractivity contribution in [2.75, 3.05) is 6.61 Å². The van der Waals surface area contributed by atoms with E-state index in [1.807, 2.05) is 6.07 Å². The van der Waals surface area contributed by atoms with Gasteiger partial charge in [-0.3, -0.25) is 0 Å². The van der Waals surface area contributed by atoms with Crippen molar-refractivity contribution in [2.24, 2.45) is 0 Å². The first-order chi connectivity index (χ1) is 8.15. The summed E-state index contributed by atoms with van der Waals surface area (Å²) in [5, 5.41) is 13.1. The normalized spacial score (nSPS) is 19.5. The van der Waals surface area contributed by atoms with Crippen molar-refractivity contribution >= 4 is 38.9 Å². The molecular formula is C12H17BrClNOS. The van der Waals surface area contributed by atoms with E-state index in [9.17, 15) is 5.11 Å². The van der Waals surface area contributed by atoms with Gasteiger partial charge in [-0.25, -0.2) is 0 Å². The topological polar surface area (TPSA) is 32.3 Å². The molecule has 17 heavy (non-hydrogen) atoms.